The predicted octanol–water partition coefficient (Wildman–Crippen LogP) is 3.39. The topological polar surface area (TPSA) is 64.3 Å². The molecule has 0 saturated carbocycles. The van der Waals surface area contributed by atoms with E-state index < -0.39 is 5.82 Å². The summed E-state index contributed by atoms with van der Waals surface area (Å²) < 4.78 is 18.4. The zero-order chi connectivity index (χ0) is 15.4. The number of amides is 1. The Kier molecular flexibility index (Phi) is 4.65. The van der Waals surface area contributed by atoms with Crippen molar-refractivity contribution in [3.05, 3.63) is 52.8 Å². The summed E-state index contributed by atoms with van der Waals surface area (Å²) in [5.41, 5.74) is 7.76. The van der Waals surface area contributed by atoms with Crippen LogP contribution < -0.4 is 15.8 Å². The fourth-order valence-electron chi connectivity index (χ4n) is 1.73. The van der Waals surface area contributed by atoms with Crippen LogP contribution in [0.15, 0.2) is 36.4 Å². The molecule has 0 spiro atoms. The Hall–Kier alpha value is -2.27. The molecule has 0 heterocycles. The van der Waals surface area contributed by atoms with Gasteiger partial charge in [-0.3, -0.25) is 4.79 Å². The molecule has 2 rings (SSSR count). The van der Waals surface area contributed by atoms with E-state index in [1.54, 1.807) is 18.2 Å². The third-order valence-corrected chi connectivity index (χ3v) is 3.09. The van der Waals surface area contributed by atoms with Crippen LogP contribution in [-0.2, 0) is 4.79 Å². The molecular weight excluding hydrogens is 295 g/mol. The molecule has 6 heteroatoms. The highest BCUT2D eigenvalue weighted by atomic mass is 35.5. The maximum atomic E-state index is 13.2. The van der Waals surface area contributed by atoms with Gasteiger partial charge in [-0.15, -0.1) is 0 Å². The van der Waals surface area contributed by atoms with Gasteiger partial charge in [-0.1, -0.05) is 11.6 Å². The number of hydrogen-bond acceptors (Lipinski definition) is 3. The SMILES string of the molecule is Cc1cc(N)ccc1NC(=O)COc1ccc(Cl)c(F)c1. The summed E-state index contributed by atoms with van der Waals surface area (Å²) in [7, 11) is 0. The number of nitrogen functional groups attached to an aromatic ring is 1. The zero-order valence-electron chi connectivity index (χ0n) is 11.3. The lowest BCUT2D eigenvalue weighted by Gasteiger charge is -2.10. The van der Waals surface area contributed by atoms with Crippen molar-refractivity contribution >= 4 is 28.9 Å². The second-order valence-corrected chi connectivity index (χ2v) is 4.89. The number of hydrogen-bond donors (Lipinski definition) is 2. The molecule has 0 radical (unpaired) electrons. The molecule has 4 nitrogen and oxygen atoms in total. The van der Waals surface area contributed by atoms with Gasteiger partial charge in [0.2, 0.25) is 0 Å². The average molecular weight is 309 g/mol. The molecular formula is C15H14ClFN2O2. The first-order chi connectivity index (χ1) is 9.95. The summed E-state index contributed by atoms with van der Waals surface area (Å²) >= 11 is 5.56. The second-order valence-electron chi connectivity index (χ2n) is 4.49. The Morgan fingerprint density at radius 3 is 2.76 bits per heavy atom. The van der Waals surface area contributed by atoms with Crippen LogP contribution in [-0.4, -0.2) is 12.5 Å². The molecule has 0 saturated heterocycles. The number of anilines is 2. The van der Waals surface area contributed by atoms with Gasteiger partial charge in [0, 0.05) is 17.4 Å². The number of halogens is 2. The smallest absolute Gasteiger partial charge is 0.262 e. The number of aryl methyl sites for hydroxylation is 1. The minimum Gasteiger partial charge on any atom is -0.484 e. The summed E-state index contributed by atoms with van der Waals surface area (Å²) in [6.07, 6.45) is 0. The van der Waals surface area contributed by atoms with Crippen molar-refractivity contribution in [3.63, 3.8) is 0 Å². The molecule has 0 unspecified atom stereocenters. The van der Waals surface area contributed by atoms with Gasteiger partial charge in [-0.05, 0) is 42.8 Å². The Morgan fingerprint density at radius 2 is 2.10 bits per heavy atom. The van der Waals surface area contributed by atoms with Crippen molar-refractivity contribution in [1.29, 1.82) is 0 Å². The minimum atomic E-state index is -0.594. The number of nitrogens with two attached hydrogens (primary N) is 1. The lowest BCUT2D eigenvalue weighted by Crippen LogP contribution is -2.20. The molecule has 0 aliphatic heterocycles. The Morgan fingerprint density at radius 1 is 1.33 bits per heavy atom. The lowest BCUT2D eigenvalue weighted by molar-refractivity contribution is -0.118. The van der Waals surface area contributed by atoms with Gasteiger partial charge in [0.25, 0.3) is 5.91 Å². The van der Waals surface area contributed by atoms with E-state index in [4.69, 9.17) is 22.1 Å². The van der Waals surface area contributed by atoms with Gasteiger partial charge >= 0.3 is 0 Å². The van der Waals surface area contributed by atoms with Crippen LogP contribution in [0.5, 0.6) is 5.75 Å². The van der Waals surface area contributed by atoms with E-state index in [1.165, 1.54) is 12.1 Å². The molecule has 21 heavy (non-hydrogen) atoms. The summed E-state index contributed by atoms with van der Waals surface area (Å²) in [5, 5.41) is 2.70. The van der Waals surface area contributed by atoms with Crippen LogP contribution in [0.1, 0.15) is 5.56 Å². The Labute approximate surface area is 126 Å². The zero-order valence-corrected chi connectivity index (χ0v) is 12.1. The van der Waals surface area contributed by atoms with Crippen molar-refractivity contribution in [2.45, 2.75) is 6.92 Å². The van der Waals surface area contributed by atoms with Gasteiger partial charge in [-0.2, -0.15) is 0 Å². The van der Waals surface area contributed by atoms with Crippen molar-refractivity contribution in [2.24, 2.45) is 0 Å². The van der Waals surface area contributed by atoms with Gasteiger partial charge in [0.1, 0.15) is 11.6 Å². The van der Waals surface area contributed by atoms with Gasteiger partial charge in [-0.25, -0.2) is 4.39 Å². The quantitative estimate of drug-likeness (QED) is 0.851. The largest absolute Gasteiger partial charge is 0.484 e. The van der Waals surface area contributed by atoms with Crippen LogP contribution >= 0.6 is 11.6 Å². The monoisotopic (exact) mass is 308 g/mol. The molecule has 0 bridgehead atoms. The molecule has 0 aromatic heterocycles. The highest BCUT2D eigenvalue weighted by Gasteiger charge is 2.07. The lowest BCUT2D eigenvalue weighted by atomic mass is 10.2. The number of ether oxygens (including phenoxy) is 1. The molecule has 0 fully saturated rings. The molecule has 1 amide bonds. The molecule has 0 atom stereocenters. The molecule has 3 N–H and O–H groups in total. The van der Waals surface area contributed by atoms with E-state index in [1.807, 2.05) is 6.92 Å². The van der Waals surface area contributed by atoms with E-state index >= 15 is 0 Å². The first-order valence-electron chi connectivity index (χ1n) is 6.19. The number of rotatable bonds is 4. The maximum absolute atomic E-state index is 13.2. The van der Waals surface area contributed by atoms with Crippen LogP contribution in [0.25, 0.3) is 0 Å². The van der Waals surface area contributed by atoms with Crippen LogP contribution in [0.4, 0.5) is 15.8 Å². The van der Waals surface area contributed by atoms with Crippen molar-refractivity contribution in [3.8, 4) is 5.75 Å². The predicted molar refractivity (Wildman–Crippen MR) is 81.1 cm³/mol. The molecule has 2 aromatic rings. The van der Waals surface area contributed by atoms with E-state index in [2.05, 4.69) is 5.32 Å². The second kappa shape index (κ2) is 6.45. The fourth-order valence-corrected chi connectivity index (χ4v) is 1.85. The number of benzene rings is 2. The van der Waals surface area contributed by atoms with E-state index in [9.17, 15) is 9.18 Å². The normalized spacial score (nSPS) is 10.2. The summed E-state index contributed by atoms with van der Waals surface area (Å²) in [6.45, 7) is 1.60. The van der Waals surface area contributed by atoms with Crippen LogP contribution in [0.3, 0.4) is 0 Å². The van der Waals surface area contributed by atoms with E-state index in [0.29, 0.717) is 11.4 Å². The summed E-state index contributed by atoms with van der Waals surface area (Å²) in [6, 6.07) is 9.15. The van der Waals surface area contributed by atoms with Crippen LogP contribution in [0.2, 0.25) is 5.02 Å². The number of carbonyl (C=O) groups excluding carboxylic acids is 1. The van der Waals surface area contributed by atoms with E-state index in [0.717, 1.165) is 11.6 Å². The summed E-state index contributed by atoms with van der Waals surface area (Å²) in [5.74, 6) is -0.705. The van der Waals surface area contributed by atoms with Crippen molar-refractivity contribution in [2.75, 3.05) is 17.7 Å². The van der Waals surface area contributed by atoms with Gasteiger partial charge < -0.3 is 15.8 Å². The highest BCUT2D eigenvalue weighted by molar-refractivity contribution is 6.30. The molecule has 0 aliphatic rings. The summed E-state index contributed by atoms with van der Waals surface area (Å²) in [4.78, 5) is 11.8. The third kappa shape index (κ3) is 4.10. The third-order valence-electron chi connectivity index (χ3n) is 2.79. The van der Waals surface area contributed by atoms with Gasteiger partial charge in [0.15, 0.2) is 6.61 Å². The fraction of sp³-hybridized carbons (Fsp3) is 0.133. The van der Waals surface area contributed by atoms with Crippen molar-refractivity contribution in [1.82, 2.24) is 0 Å². The molecule has 110 valence electrons. The standard InChI is InChI=1S/C15H14ClFN2O2/c1-9-6-10(18)2-5-14(9)19-15(20)8-21-11-3-4-12(16)13(17)7-11/h2-7H,8,18H2,1H3,(H,19,20). The first-order valence-corrected chi connectivity index (χ1v) is 6.57. The average Bonchev–Trinajstić information content (AvgIpc) is 2.43. The number of carbonyl (C=O) groups is 1. The minimum absolute atomic E-state index is 0.00398. The maximum Gasteiger partial charge on any atom is 0.262 e. The number of nitrogens with one attached hydrogen (secondary N) is 1. The first kappa shape index (κ1) is 15.1. The molecule has 0 aliphatic carbocycles. The van der Waals surface area contributed by atoms with Crippen LogP contribution in [0, 0.1) is 12.7 Å². The van der Waals surface area contributed by atoms with Gasteiger partial charge in [0.05, 0.1) is 5.02 Å². The van der Waals surface area contributed by atoms with E-state index in [-0.39, 0.29) is 23.3 Å². The van der Waals surface area contributed by atoms with Crippen molar-refractivity contribution < 1.29 is 13.9 Å². The highest BCUT2D eigenvalue weighted by Crippen LogP contribution is 2.21. The molecule has 2 aromatic carbocycles. The Bertz CT molecular complexity index is 677. The Balaban J connectivity index is 1.94.